The molecule has 494 valence electrons. The fourth-order valence-corrected chi connectivity index (χ4v) is 8.91. The SMILES string of the molecule is C.NC(CCCCNC(=O)CCC(NC(=O)CC[C@H](NC(=O)COCCOCCNC(=O)COCCOCCNC(=O)CCC(NC(=O)CCCCCCCCCCCCCCCCC(=O)O)C(=O)O)C(=O)O)C(=O)O)C(=O)N1CCC[C@H]1C(=O)O. The molecule has 1 heterocycles. The molecule has 1 saturated heterocycles. The van der Waals surface area contributed by atoms with Crippen LogP contribution in [0.15, 0.2) is 0 Å². The number of likely N-dealkylation sites (tertiary alicyclic amines) is 1. The monoisotopic (exact) mass is 1230 g/mol. The minimum absolute atomic E-state index is 0. The van der Waals surface area contributed by atoms with Crippen LogP contribution < -0.4 is 37.6 Å². The molecule has 1 rings (SSSR count). The zero-order valence-electron chi connectivity index (χ0n) is 49.3. The van der Waals surface area contributed by atoms with Gasteiger partial charge in [0.15, 0.2) is 0 Å². The lowest BCUT2D eigenvalue weighted by Gasteiger charge is -2.24. The third kappa shape index (κ3) is 42.3. The van der Waals surface area contributed by atoms with Crippen LogP contribution in [-0.4, -0.2) is 211 Å². The molecular weight excluding hydrogens is 1130 g/mol. The van der Waals surface area contributed by atoms with Crippen molar-refractivity contribution in [3.63, 3.8) is 0 Å². The summed E-state index contributed by atoms with van der Waals surface area (Å²) in [6.45, 7) is 0.403. The van der Waals surface area contributed by atoms with Gasteiger partial charge in [0.2, 0.25) is 41.4 Å². The van der Waals surface area contributed by atoms with Crippen molar-refractivity contribution in [3.05, 3.63) is 0 Å². The first-order valence-corrected chi connectivity index (χ1v) is 29.9. The van der Waals surface area contributed by atoms with E-state index in [2.05, 4.69) is 31.9 Å². The normalized spacial score (nSPS) is 14.1. The molecule has 3 unspecified atom stereocenters. The third-order valence-corrected chi connectivity index (χ3v) is 13.7. The Bertz CT molecular complexity index is 2040. The van der Waals surface area contributed by atoms with E-state index < -0.39 is 109 Å². The maximum atomic E-state index is 12.6. The molecule has 86 heavy (non-hydrogen) atoms. The van der Waals surface area contributed by atoms with Crippen LogP contribution in [0.4, 0.5) is 0 Å². The first-order chi connectivity index (χ1) is 40.7. The van der Waals surface area contributed by atoms with Gasteiger partial charge in [-0.2, -0.15) is 0 Å². The van der Waals surface area contributed by atoms with Crippen molar-refractivity contribution in [2.24, 2.45) is 5.73 Å². The molecule has 1 aliphatic heterocycles. The maximum absolute atomic E-state index is 12.6. The number of nitrogens with zero attached hydrogens (tertiary/aromatic N) is 1. The fourth-order valence-electron chi connectivity index (χ4n) is 8.91. The van der Waals surface area contributed by atoms with Crippen molar-refractivity contribution in [1.82, 2.24) is 36.8 Å². The predicted octanol–water partition coefficient (Wildman–Crippen LogP) is 1.99. The van der Waals surface area contributed by atoms with Crippen LogP contribution >= 0.6 is 0 Å². The number of nitrogens with two attached hydrogens (primary N) is 1. The molecule has 13 N–H and O–H groups in total. The number of carbonyl (C=O) groups is 12. The molecular formula is C57H100N8O21. The topological polar surface area (TPSA) is 444 Å². The predicted molar refractivity (Wildman–Crippen MR) is 311 cm³/mol. The molecule has 0 aliphatic carbocycles. The summed E-state index contributed by atoms with van der Waals surface area (Å²) in [5, 5.41) is 61.5. The van der Waals surface area contributed by atoms with Crippen LogP contribution in [0.3, 0.4) is 0 Å². The Hall–Kier alpha value is -6.56. The van der Waals surface area contributed by atoms with Crippen molar-refractivity contribution in [2.75, 3.05) is 79.0 Å². The Balaban J connectivity index is 0.0000722. The summed E-state index contributed by atoms with van der Waals surface area (Å²) in [6.07, 6.45) is 15.7. The van der Waals surface area contributed by atoms with Crippen molar-refractivity contribution in [2.45, 2.75) is 211 Å². The molecule has 0 saturated carbocycles. The standard InChI is InChI=1S/C56H96N8O21.CH4/c57-40(52(73)64-31-17-19-44(64)56(80)81)18-15-16-28-58-45(65)25-22-42(54(76)77)62-48(68)27-24-43(55(78)79)63-50(70)39-85-37-35-83-33-30-60-49(69)38-84-36-34-82-32-29-59-46(66)26-23-41(53(74)75)61-47(67)20-13-11-9-7-5-3-1-2-4-6-8-10-12-14-21-51(71)72;/h40-44H,1-39,57H2,(H,58,65)(H,59,66)(H,60,69)(H,61,67)(H,62,68)(H,63,70)(H,71,72)(H,74,75)(H,76,77)(H,78,79)(H,80,81);1H4/t40?,41?,42?,43-,44-;/m0./s1. The Morgan fingerprint density at radius 1 is 0.419 bits per heavy atom. The average Bonchev–Trinajstić information content (AvgIpc) is 3.44. The largest absolute Gasteiger partial charge is 0.481 e. The molecule has 1 fully saturated rings. The zero-order chi connectivity index (χ0) is 63.0. The Morgan fingerprint density at radius 2 is 0.802 bits per heavy atom. The Morgan fingerprint density at radius 3 is 1.26 bits per heavy atom. The second-order valence-corrected chi connectivity index (χ2v) is 20.8. The molecule has 29 heteroatoms. The van der Waals surface area contributed by atoms with E-state index in [1.165, 1.54) is 37.0 Å². The molecule has 0 radical (unpaired) electrons. The number of rotatable bonds is 55. The smallest absolute Gasteiger partial charge is 0.326 e. The Labute approximate surface area is 504 Å². The van der Waals surface area contributed by atoms with Crippen molar-refractivity contribution in [3.8, 4) is 0 Å². The van der Waals surface area contributed by atoms with E-state index >= 15 is 0 Å². The molecule has 7 amide bonds. The number of unbranched alkanes of at least 4 members (excludes halogenated alkanes) is 14. The van der Waals surface area contributed by atoms with Gasteiger partial charge in [0.25, 0.3) is 0 Å². The summed E-state index contributed by atoms with van der Waals surface area (Å²) >= 11 is 0. The number of carbonyl (C=O) groups excluding carboxylic acids is 7. The number of hydrogen-bond acceptors (Lipinski definition) is 17. The van der Waals surface area contributed by atoms with E-state index in [0.717, 1.165) is 51.4 Å². The van der Waals surface area contributed by atoms with E-state index in [1.807, 2.05) is 0 Å². The maximum Gasteiger partial charge on any atom is 0.326 e. The van der Waals surface area contributed by atoms with Gasteiger partial charge in [0, 0.05) is 58.3 Å². The molecule has 0 aromatic carbocycles. The van der Waals surface area contributed by atoms with Crippen LogP contribution in [0, 0.1) is 0 Å². The van der Waals surface area contributed by atoms with Crippen LogP contribution in [0.2, 0.25) is 0 Å². The highest BCUT2D eigenvalue weighted by atomic mass is 16.5. The van der Waals surface area contributed by atoms with Gasteiger partial charge in [0.1, 0.15) is 37.4 Å². The number of ether oxygens (including phenoxy) is 4. The van der Waals surface area contributed by atoms with Gasteiger partial charge in [-0.05, 0) is 64.2 Å². The fraction of sp³-hybridized carbons (Fsp3) is 0.789. The van der Waals surface area contributed by atoms with E-state index in [4.69, 9.17) is 29.8 Å². The van der Waals surface area contributed by atoms with E-state index in [0.29, 0.717) is 38.6 Å². The number of hydrogen-bond donors (Lipinski definition) is 12. The van der Waals surface area contributed by atoms with E-state index in [-0.39, 0.29) is 131 Å². The lowest BCUT2D eigenvalue weighted by atomic mass is 10.0. The van der Waals surface area contributed by atoms with Crippen LogP contribution in [-0.2, 0) is 76.5 Å². The number of carboxylic acids is 5. The second kappa shape index (κ2) is 50.6. The van der Waals surface area contributed by atoms with Gasteiger partial charge in [0.05, 0.1) is 45.7 Å². The zero-order valence-corrected chi connectivity index (χ0v) is 49.3. The molecule has 0 bridgehead atoms. The second-order valence-electron chi connectivity index (χ2n) is 20.8. The summed E-state index contributed by atoms with van der Waals surface area (Å²) in [4.78, 5) is 145. The quantitative estimate of drug-likeness (QED) is 0.0387. The number of nitrogens with one attached hydrogen (secondary N) is 6. The third-order valence-electron chi connectivity index (χ3n) is 13.7. The molecule has 1 aliphatic rings. The van der Waals surface area contributed by atoms with Crippen LogP contribution in [0.5, 0.6) is 0 Å². The van der Waals surface area contributed by atoms with E-state index in [9.17, 15) is 78.0 Å². The number of carboxylic acid groups (broad SMARTS) is 5. The molecule has 0 aromatic heterocycles. The van der Waals surface area contributed by atoms with Gasteiger partial charge >= 0.3 is 29.8 Å². The minimum Gasteiger partial charge on any atom is -0.481 e. The van der Waals surface area contributed by atoms with Gasteiger partial charge in [-0.3, -0.25) is 38.4 Å². The van der Waals surface area contributed by atoms with E-state index in [1.54, 1.807) is 0 Å². The highest BCUT2D eigenvalue weighted by Crippen LogP contribution is 2.19. The van der Waals surface area contributed by atoms with Crippen molar-refractivity contribution >= 4 is 71.2 Å². The van der Waals surface area contributed by atoms with Gasteiger partial charge in [-0.25, -0.2) is 19.2 Å². The molecule has 0 spiro atoms. The Kier molecular flexibility index (Phi) is 46.7. The molecule has 0 aromatic rings. The lowest BCUT2D eigenvalue weighted by Crippen LogP contribution is -2.48. The van der Waals surface area contributed by atoms with Crippen LogP contribution in [0.1, 0.15) is 181 Å². The number of amides is 7. The molecule has 5 atom stereocenters. The lowest BCUT2D eigenvalue weighted by molar-refractivity contribution is -0.148. The van der Waals surface area contributed by atoms with Gasteiger partial charge in [-0.1, -0.05) is 84.5 Å². The van der Waals surface area contributed by atoms with Gasteiger partial charge in [-0.15, -0.1) is 0 Å². The minimum atomic E-state index is -1.51. The van der Waals surface area contributed by atoms with Crippen molar-refractivity contribution in [1.29, 1.82) is 0 Å². The summed E-state index contributed by atoms with van der Waals surface area (Å²) in [5.41, 5.74) is 5.97. The summed E-state index contributed by atoms with van der Waals surface area (Å²) in [5.74, 6) is -9.65. The van der Waals surface area contributed by atoms with Crippen LogP contribution in [0.25, 0.3) is 0 Å². The highest BCUT2D eigenvalue weighted by molar-refractivity contribution is 5.88. The first-order valence-electron chi connectivity index (χ1n) is 29.9. The summed E-state index contributed by atoms with van der Waals surface area (Å²) in [7, 11) is 0. The van der Waals surface area contributed by atoms with Crippen molar-refractivity contribution < 1.29 is 102 Å². The average molecular weight is 1230 g/mol. The van der Waals surface area contributed by atoms with Gasteiger partial charge < -0.3 is 87.0 Å². The first kappa shape index (κ1) is 79.4. The highest BCUT2D eigenvalue weighted by Gasteiger charge is 2.36. The summed E-state index contributed by atoms with van der Waals surface area (Å²) < 4.78 is 21.2. The summed E-state index contributed by atoms with van der Waals surface area (Å²) in [6, 6.07) is -5.93. The molecule has 29 nitrogen and oxygen atoms in total. The number of aliphatic carboxylic acids is 5.